The molecule has 0 bridgehead atoms. The lowest BCUT2D eigenvalue weighted by Crippen LogP contribution is -2.40. The van der Waals surface area contributed by atoms with E-state index in [0.717, 1.165) is 29.7 Å². The molecule has 0 saturated carbocycles. The molecule has 0 aliphatic carbocycles. The Bertz CT molecular complexity index is 1470. The number of aromatic nitrogens is 3. The number of H-pyrrole nitrogens is 1. The van der Waals surface area contributed by atoms with E-state index in [0.29, 0.717) is 29.7 Å². The van der Waals surface area contributed by atoms with Crippen molar-refractivity contribution in [2.45, 2.75) is 25.3 Å². The summed E-state index contributed by atoms with van der Waals surface area (Å²) in [7, 11) is 0. The molecule has 1 saturated heterocycles. The molecule has 3 heterocycles. The minimum atomic E-state index is -0.343. The van der Waals surface area contributed by atoms with Gasteiger partial charge in [0.1, 0.15) is 23.4 Å². The summed E-state index contributed by atoms with van der Waals surface area (Å²) in [5.74, 6) is 1.46. The van der Waals surface area contributed by atoms with Crippen LogP contribution in [0.3, 0.4) is 0 Å². The summed E-state index contributed by atoms with van der Waals surface area (Å²) in [6, 6.07) is 18.9. The van der Waals surface area contributed by atoms with Crippen LogP contribution in [-0.4, -0.2) is 38.7 Å². The average Bonchev–Trinajstić information content (AvgIpc) is 3.30. The van der Waals surface area contributed by atoms with Gasteiger partial charge in [-0.3, -0.25) is 9.59 Å². The van der Waals surface area contributed by atoms with Gasteiger partial charge < -0.3 is 19.9 Å². The first-order valence-corrected chi connectivity index (χ1v) is 11.4. The van der Waals surface area contributed by atoms with Crippen LogP contribution in [0.1, 0.15) is 25.3 Å². The molecule has 2 aromatic heterocycles. The minimum Gasteiger partial charge on any atom is -0.457 e. The Labute approximate surface area is 201 Å². The van der Waals surface area contributed by atoms with Gasteiger partial charge >= 0.3 is 0 Å². The van der Waals surface area contributed by atoms with Crippen LogP contribution in [-0.2, 0) is 4.79 Å². The topological polar surface area (TPSA) is 130 Å². The molecular formula is C26H24N6O3. The van der Waals surface area contributed by atoms with Crippen molar-refractivity contribution < 1.29 is 9.53 Å². The van der Waals surface area contributed by atoms with E-state index in [4.69, 9.17) is 15.7 Å². The maximum absolute atomic E-state index is 12.9. The summed E-state index contributed by atoms with van der Waals surface area (Å²) < 4.78 is 7.80. The predicted molar refractivity (Wildman–Crippen MR) is 132 cm³/mol. The highest BCUT2D eigenvalue weighted by Crippen LogP contribution is 2.36. The maximum Gasteiger partial charge on any atom is 0.288 e. The number of hydrogen-bond donors (Lipinski definition) is 2. The molecule has 1 aliphatic heterocycles. The molecule has 0 spiro atoms. The highest BCUT2D eigenvalue weighted by atomic mass is 16.5. The van der Waals surface area contributed by atoms with E-state index in [1.807, 2.05) is 71.4 Å². The second-order valence-electron chi connectivity index (χ2n) is 8.52. The first-order chi connectivity index (χ1) is 17.0. The van der Waals surface area contributed by atoms with Gasteiger partial charge in [0.25, 0.3) is 5.56 Å². The smallest absolute Gasteiger partial charge is 0.288 e. The van der Waals surface area contributed by atoms with Crippen LogP contribution in [0, 0.1) is 11.3 Å². The van der Waals surface area contributed by atoms with Gasteiger partial charge in [0.15, 0.2) is 5.82 Å². The summed E-state index contributed by atoms with van der Waals surface area (Å²) in [6.45, 7) is 1.03. The first kappa shape index (κ1) is 22.2. The molecule has 0 unspecified atom stereocenters. The summed E-state index contributed by atoms with van der Waals surface area (Å²) >= 11 is 0. The van der Waals surface area contributed by atoms with Crippen molar-refractivity contribution in [1.82, 2.24) is 19.7 Å². The van der Waals surface area contributed by atoms with Crippen LogP contribution < -0.4 is 16.0 Å². The lowest BCUT2D eigenvalue weighted by molar-refractivity contribution is -0.131. The zero-order valence-electron chi connectivity index (χ0n) is 19.0. The van der Waals surface area contributed by atoms with Gasteiger partial charge in [0.05, 0.1) is 17.5 Å². The molecule has 35 heavy (non-hydrogen) atoms. The number of amides is 1. The number of nitrogens with zero attached hydrogens (tertiary/aromatic N) is 4. The fraction of sp³-hybridized carbons (Fsp3) is 0.231. The van der Waals surface area contributed by atoms with Crippen molar-refractivity contribution in [3.05, 3.63) is 71.1 Å². The van der Waals surface area contributed by atoms with E-state index in [2.05, 4.69) is 10.2 Å². The molecule has 1 amide bonds. The number of ether oxygens (including phenoxy) is 1. The number of nitrogens with two attached hydrogens (primary N) is 1. The molecular weight excluding hydrogens is 444 g/mol. The fourth-order valence-electron chi connectivity index (χ4n) is 4.66. The number of piperidine rings is 1. The number of benzene rings is 2. The normalized spacial score (nSPS) is 15.6. The van der Waals surface area contributed by atoms with Crippen LogP contribution in [0.5, 0.6) is 11.5 Å². The van der Waals surface area contributed by atoms with E-state index in [1.165, 1.54) is 0 Å². The number of nitrogens with one attached hydrogen (secondary N) is 1. The third-order valence-electron chi connectivity index (χ3n) is 6.30. The third kappa shape index (κ3) is 4.34. The van der Waals surface area contributed by atoms with E-state index in [1.54, 1.807) is 4.90 Å². The van der Waals surface area contributed by atoms with Crippen molar-refractivity contribution in [2.24, 2.45) is 0 Å². The molecule has 3 N–H and O–H groups in total. The Balaban J connectivity index is 1.53. The van der Waals surface area contributed by atoms with E-state index >= 15 is 0 Å². The maximum atomic E-state index is 12.9. The van der Waals surface area contributed by atoms with E-state index < -0.39 is 0 Å². The van der Waals surface area contributed by atoms with Gasteiger partial charge in [-0.2, -0.15) is 10.4 Å². The highest BCUT2D eigenvalue weighted by molar-refractivity contribution is 6.02. The monoisotopic (exact) mass is 468 g/mol. The number of nitrogen functional groups attached to an aromatic ring is 1. The molecule has 1 fully saturated rings. The number of likely N-dealkylation sites (tertiary alicyclic amines) is 1. The zero-order valence-corrected chi connectivity index (χ0v) is 19.0. The van der Waals surface area contributed by atoms with Crippen molar-refractivity contribution in [1.29, 1.82) is 5.26 Å². The Hall–Kier alpha value is -4.58. The number of nitriles is 1. The molecule has 9 heteroatoms. The minimum absolute atomic E-state index is 0.119. The summed E-state index contributed by atoms with van der Waals surface area (Å²) in [6.07, 6.45) is 3.33. The summed E-state index contributed by atoms with van der Waals surface area (Å²) in [4.78, 5) is 26.9. The average molecular weight is 469 g/mol. The van der Waals surface area contributed by atoms with Gasteiger partial charge in [-0.1, -0.05) is 30.3 Å². The van der Waals surface area contributed by atoms with Crippen LogP contribution in [0.15, 0.2) is 65.6 Å². The van der Waals surface area contributed by atoms with Gasteiger partial charge in [-0.25, -0.2) is 5.10 Å². The number of hydrogen-bond acceptors (Lipinski definition) is 6. The van der Waals surface area contributed by atoms with Gasteiger partial charge in [0.2, 0.25) is 5.91 Å². The Morgan fingerprint density at radius 2 is 1.91 bits per heavy atom. The van der Waals surface area contributed by atoms with Gasteiger partial charge in [-0.05, 0) is 42.7 Å². The number of rotatable bonds is 5. The van der Waals surface area contributed by atoms with Crippen molar-refractivity contribution in [3.8, 4) is 28.7 Å². The number of anilines is 1. The molecule has 5 rings (SSSR count). The number of carbonyl (C=O) groups excluding carboxylic acids is 1. The van der Waals surface area contributed by atoms with Crippen LogP contribution in [0.25, 0.3) is 22.0 Å². The number of para-hydroxylation sites is 1. The van der Waals surface area contributed by atoms with Crippen molar-refractivity contribution in [3.63, 3.8) is 0 Å². The van der Waals surface area contributed by atoms with Crippen LogP contribution in [0.4, 0.5) is 5.82 Å². The SMILES string of the molecule is N#CCC(=O)N1CCC[C@@H](n2cc(-c3ccc(Oc4ccccc4)cc3)c3c(N)n[nH]c(=O)c32)C1. The standard InChI is InChI=1S/C26H24N6O3/c27-13-12-22(33)31-14-4-5-18(15-31)32-16-21(23-24(32)26(34)30-29-25(23)28)17-8-10-20(11-9-17)35-19-6-2-1-3-7-19/h1-3,6-11,16,18H,4-5,12,14-15H2,(H2,28,29)(H,30,34)/t18-/m1/s1. The molecule has 4 aromatic rings. The highest BCUT2D eigenvalue weighted by Gasteiger charge is 2.28. The summed E-state index contributed by atoms with van der Waals surface area (Å²) in [5.41, 5.74) is 7.96. The molecule has 0 radical (unpaired) electrons. The van der Waals surface area contributed by atoms with Gasteiger partial charge in [0, 0.05) is 24.8 Å². The number of aromatic amines is 1. The number of fused-ring (bicyclic) bond motifs is 1. The molecule has 176 valence electrons. The van der Waals surface area contributed by atoms with Crippen molar-refractivity contribution in [2.75, 3.05) is 18.8 Å². The zero-order chi connectivity index (χ0) is 24.4. The van der Waals surface area contributed by atoms with Gasteiger partial charge in [-0.15, -0.1) is 0 Å². The largest absolute Gasteiger partial charge is 0.457 e. The number of carbonyl (C=O) groups is 1. The Kier molecular flexibility index (Phi) is 5.94. The van der Waals surface area contributed by atoms with Crippen LogP contribution >= 0.6 is 0 Å². The van der Waals surface area contributed by atoms with Crippen molar-refractivity contribution >= 4 is 22.6 Å². The first-order valence-electron chi connectivity index (χ1n) is 11.4. The second kappa shape index (κ2) is 9.35. The van der Waals surface area contributed by atoms with E-state index in [9.17, 15) is 9.59 Å². The molecule has 9 nitrogen and oxygen atoms in total. The second-order valence-corrected chi connectivity index (χ2v) is 8.52. The van der Waals surface area contributed by atoms with Crippen LogP contribution in [0.2, 0.25) is 0 Å². The van der Waals surface area contributed by atoms with E-state index in [-0.39, 0.29) is 29.7 Å². The lowest BCUT2D eigenvalue weighted by atomic mass is 10.0. The molecule has 1 aliphatic rings. The summed E-state index contributed by atoms with van der Waals surface area (Å²) in [5, 5.41) is 16.0. The fourth-order valence-corrected chi connectivity index (χ4v) is 4.66. The molecule has 2 aromatic carbocycles. The predicted octanol–water partition coefficient (Wildman–Crippen LogP) is 3.84. The Morgan fingerprint density at radius 1 is 1.17 bits per heavy atom. The Morgan fingerprint density at radius 3 is 2.66 bits per heavy atom. The lowest BCUT2D eigenvalue weighted by Gasteiger charge is -2.33. The molecule has 1 atom stereocenters. The quantitative estimate of drug-likeness (QED) is 0.458. The third-order valence-corrected chi connectivity index (χ3v) is 6.30.